The van der Waals surface area contributed by atoms with Gasteiger partial charge in [0.2, 0.25) is 0 Å². The predicted octanol–water partition coefficient (Wildman–Crippen LogP) is 8.56. The normalized spacial score (nSPS) is 19.9. The molecule has 0 heterocycles. The number of fused-ring (bicyclic) bond motifs is 1. The quantitative estimate of drug-likeness (QED) is 0.453. The average Bonchev–Trinajstić information content (AvgIpc) is 3.12. The summed E-state index contributed by atoms with van der Waals surface area (Å²) in [5.41, 5.74) is 9.85. The molecule has 1 fully saturated rings. The van der Waals surface area contributed by atoms with Crippen molar-refractivity contribution in [2.45, 2.75) is 105 Å². The molecule has 0 bridgehead atoms. The first-order chi connectivity index (χ1) is 13.2. The van der Waals surface area contributed by atoms with Crippen LogP contribution in [-0.4, -0.2) is 0 Å². The van der Waals surface area contributed by atoms with Crippen LogP contribution in [0.15, 0.2) is 41.0 Å². The Balaban J connectivity index is 0.00000126. The van der Waals surface area contributed by atoms with Crippen LogP contribution in [0.1, 0.15) is 109 Å². The van der Waals surface area contributed by atoms with E-state index in [1.807, 2.05) is 13.8 Å². The molecule has 0 aromatic heterocycles. The molecule has 2 aliphatic carbocycles. The number of aryl methyl sites for hydroxylation is 1. The minimum absolute atomic E-state index is 0.748. The third kappa shape index (κ3) is 5.15. The molecule has 27 heavy (non-hydrogen) atoms. The van der Waals surface area contributed by atoms with E-state index in [0.717, 1.165) is 11.8 Å². The zero-order valence-electron chi connectivity index (χ0n) is 18.8. The van der Waals surface area contributed by atoms with Gasteiger partial charge in [-0.2, -0.15) is 0 Å². The topological polar surface area (TPSA) is 0 Å². The number of benzene rings is 1. The van der Waals surface area contributed by atoms with Crippen LogP contribution in [0, 0.1) is 5.92 Å². The smallest absolute Gasteiger partial charge is 0.0116 e. The molecule has 2 atom stereocenters. The highest BCUT2D eigenvalue weighted by Crippen LogP contribution is 2.43. The Bertz CT molecular complexity index is 659. The molecular weight excluding hydrogens is 324 g/mol. The molecule has 0 aliphatic heterocycles. The SMILES string of the molecule is CC.CCCC(CC)c1ccc(CC2CCC3=CCCC(C)=C32)cc1CC. The molecule has 2 aliphatic rings. The highest BCUT2D eigenvalue weighted by atomic mass is 14.3. The van der Waals surface area contributed by atoms with Gasteiger partial charge in [-0.05, 0) is 98.0 Å². The molecule has 0 radical (unpaired) electrons. The van der Waals surface area contributed by atoms with Gasteiger partial charge in [0.15, 0.2) is 0 Å². The maximum Gasteiger partial charge on any atom is -0.0116 e. The van der Waals surface area contributed by atoms with Crippen LogP contribution in [0.25, 0.3) is 0 Å². The number of rotatable bonds is 7. The van der Waals surface area contributed by atoms with E-state index in [-0.39, 0.29) is 0 Å². The predicted molar refractivity (Wildman–Crippen MR) is 122 cm³/mol. The van der Waals surface area contributed by atoms with Crippen molar-refractivity contribution in [3.05, 3.63) is 57.7 Å². The second-order valence-corrected chi connectivity index (χ2v) is 8.18. The Kier molecular flexibility index (Phi) is 8.87. The molecular formula is C27H42. The first kappa shape index (κ1) is 22.0. The van der Waals surface area contributed by atoms with E-state index in [2.05, 4.69) is 52.0 Å². The zero-order chi connectivity index (χ0) is 19.8. The van der Waals surface area contributed by atoms with Crippen molar-refractivity contribution in [1.29, 1.82) is 0 Å². The highest BCUT2D eigenvalue weighted by Gasteiger charge is 2.28. The van der Waals surface area contributed by atoms with Crippen molar-refractivity contribution in [2.75, 3.05) is 0 Å². The minimum atomic E-state index is 0.748. The Hall–Kier alpha value is -1.30. The number of allylic oxidation sites excluding steroid dienone is 4. The standard InChI is InChI=1S/C25H36.C2H6/c1-5-9-20(6-2)24-15-12-19(16-21(24)7-3)17-23-14-13-22-11-8-10-18(4)25(22)23;1-2/h11-12,15-16,20,23H,5-10,13-14,17H2,1-4H3;1-2H3. The lowest BCUT2D eigenvalue weighted by molar-refractivity contribution is 0.589. The van der Waals surface area contributed by atoms with E-state index >= 15 is 0 Å². The van der Waals surface area contributed by atoms with Gasteiger partial charge in [-0.15, -0.1) is 0 Å². The number of hydrogen-bond acceptors (Lipinski definition) is 0. The second-order valence-electron chi connectivity index (χ2n) is 8.18. The molecule has 150 valence electrons. The summed E-state index contributed by atoms with van der Waals surface area (Å²) in [7, 11) is 0. The van der Waals surface area contributed by atoms with Gasteiger partial charge in [-0.3, -0.25) is 0 Å². The molecule has 2 unspecified atom stereocenters. The molecule has 0 nitrogen and oxygen atoms in total. The molecule has 0 amide bonds. The Morgan fingerprint density at radius 2 is 1.85 bits per heavy atom. The lowest BCUT2D eigenvalue weighted by atomic mass is 9.83. The van der Waals surface area contributed by atoms with E-state index in [0.29, 0.717) is 0 Å². The van der Waals surface area contributed by atoms with Gasteiger partial charge in [0.05, 0.1) is 0 Å². The van der Waals surface area contributed by atoms with Crippen molar-refractivity contribution in [3.63, 3.8) is 0 Å². The highest BCUT2D eigenvalue weighted by molar-refractivity contribution is 5.44. The Morgan fingerprint density at radius 1 is 1.07 bits per heavy atom. The van der Waals surface area contributed by atoms with Crippen LogP contribution in [0.4, 0.5) is 0 Å². The van der Waals surface area contributed by atoms with Crippen LogP contribution < -0.4 is 0 Å². The summed E-state index contributed by atoms with van der Waals surface area (Å²) in [6.07, 6.45) is 14.0. The summed E-state index contributed by atoms with van der Waals surface area (Å²) in [5.74, 6) is 1.51. The van der Waals surface area contributed by atoms with Gasteiger partial charge in [-0.25, -0.2) is 0 Å². The molecule has 0 saturated heterocycles. The lowest BCUT2D eigenvalue weighted by Crippen LogP contribution is -2.08. The minimum Gasteiger partial charge on any atom is -0.0807 e. The Morgan fingerprint density at radius 3 is 2.52 bits per heavy atom. The van der Waals surface area contributed by atoms with Crippen molar-refractivity contribution in [2.24, 2.45) is 5.92 Å². The van der Waals surface area contributed by atoms with Crippen LogP contribution in [0.2, 0.25) is 0 Å². The van der Waals surface area contributed by atoms with Gasteiger partial charge in [-0.1, -0.05) is 70.9 Å². The van der Waals surface area contributed by atoms with E-state index in [1.54, 1.807) is 33.4 Å². The molecule has 0 spiro atoms. The van der Waals surface area contributed by atoms with Crippen LogP contribution >= 0.6 is 0 Å². The third-order valence-corrected chi connectivity index (χ3v) is 6.53. The van der Waals surface area contributed by atoms with Gasteiger partial charge in [0, 0.05) is 0 Å². The first-order valence-electron chi connectivity index (χ1n) is 11.7. The molecule has 1 saturated carbocycles. The maximum absolute atomic E-state index is 2.54. The molecule has 1 aromatic rings. The summed E-state index contributed by atoms with van der Waals surface area (Å²) < 4.78 is 0. The monoisotopic (exact) mass is 366 g/mol. The van der Waals surface area contributed by atoms with E-state index in [1.165, 1.54) is 57.8 Å². The van der Waals surface area contributed by atoms with Gasteiger partial charge >= 0.3 is 0 Å². The molecule has 0 N–H and O–H groups in total. The summed E-state index contributed by atoms with van der Waals surface area (Å²) >= 11 is 0. The van der Waals surface area contributed by atoms with Crippen molar-refractivity contribution in [3.8, 4) is 0 Å². The summed E-state index contributed by atoms with van der Waals surface area (Å²) in [4.78, 5) is 0. The Labute approximate surface area is 169 Å². The van der Waals surface area contributed by atoms with Gasteiger partial charge in [0.25, 0.3) is 0 Å². The average molecular weight is 367 g/mol. The lowest BCUT2D eigenvalue weighted by Gasteiger charge is -2.22. The zero-order valence-corrected chi connectivity index (χ0v) is 18.8. The summed E-state index contributed by atoms with van der Waals surface area (Å²) in [5, 5.41) is 0. The first-order valence-corrected chi connectivity index (χ1v) is 11.7. The van der Waals surface area contributed by atoms with E-state index < -0.39 is 0 Å². The molecule has 0 heteroatoms. The van der Waals surface area contributed by atoms with Gasteiger partial charge in [0.1, 0.15) is 0 Å². The molecule has 1 aromatic carbocycles. The van der Waals surface area contributed by atoms with Crippen LogP contribution in [-0.2, 0) is 12.8 Å². The van der Waals surface area contributed by atoms with E-state index in [4.69, 9.17) is 0 Å². The van der Waals surface area contributed by atoms with Crippen LogP contribution in [0.3, 0.4) is 0 Å². The van der Waals surface area contributed by atoms with Crippen molar-refractivity contribution >= 4 is 0 Å². The maximum atomic E-state index is 2.54. The molecule has 3 rings (SSSR count). The van der Waals surface area contributed by atoms with Crippen molar-refractivity contribution < 1.29 is 0 Å². The van der Waals surface area contributed by atoms with Crippen LogP contribution in [0.5, 0.6) is 0 Å². The fraction of sp³-hybridized carbons (Fsp3) is 0.630. The fourth-order valence-electron chi connectivity index (χ4n) is 5.21. The second kappa shape index (κ2) is 10.9. The summed E-state index contributed by atoms with van der Waals surface area (Å²) in [6, 6.07) is 7.44. The van der Waals surface area contributed by atoms with Gasteiger partial charge < -0.3 is 0 Å². The van der Waals surface area contributed by atoms with E-state index in [9.17, 15) is 0 Å². The summed E-state index contributed by atoms with van der Waals surface area (Å²) in [6.45, 7) is 13.4. The largest absolute Gasteiger partial charge is 0.0807 e. The van der Waals surface area contributed by atoms with Crippen molar-refractivity contribution in [1.82, 2.24) is 0 Å². The number of hydrogen-bond donors (Lipinski definition) is 0. The fourth-order valence-corrected chi connectivity index (χ4v) is 5.21. The third-order valence-electron chi connectivity index (χ3n) is 6.53.